The third-order valence-electron chi connectivity index (χ3n) is 3.90. The maximum atomic E-state index is 12.6. The first-order chi connectivity index (χ1) is 8.65. The van der Waals surface area contributed by atoms with E-state index in [1.165, 1.54) is 4.90 Å². The molecule has 0 aromatic heterocycles. The lowest BCUT2D eigenvalue weighted by Gasteiger charge is -2.52. The van der Waals surface area contributed by atoms with E-state index in [-0.39, 0.29) is 11.6 Å². The summed E-state index contributed by atoms with van der Waals surface area (Å²) in [7, 11) is 1.78. The van der Waals surface area contributed by atoms with Crippen molar-refractivity contribution < 1.29 is 9.90 Å². The van der Waals surface area contributed by atoms with Crippen molar-refractivity contribution in [2.75, 3.05) is 11.9 Å². The number of benzene rings is 1. The summed E-state index contributed by atoms with van der Waals surface area (Å²) in [6, 6.07) is 7.46. The highest BCUT2D eigenvalue weighted by atomic mass is 16.3. The summed E-state index contributed by atoms with van der Waals surface area (Å²) < 4.78 is 0. The topological polar surface area (TPSA) is 43.8 Å². The number of anilines is 1. The first-order valence-corrected chi connectivity index (χ1v) is 6.52. The Kier molecular flexibility index (Phi) is 3.09. The summed E-state index contributed by atoms with van der Waals surface area (Å²) in [4.78, 5) is 15.7. The smallest absolute Gasteiger partial charge is 0.327 e. The Morgan fingerprint density at radius 2 is 1.89 bits per heavy atom. The molecule has 1 heterocycles. The zero-order chi connectivity index (χ0) is 14.4. The summed E-state index contributed by atoms with van der Waals surface area (Å²) in [5, 5.41) is 10.7. The van der Waals surface area contributed by atoms with Gasteiger partial charge in [0.05, 0.1) is 0 Å². The van der Waals surface area contributed by atoms with Crippen LogP contribution >= 0.6 is 0 Å². The van der Waals surface area contributed by atoms with Crippen molar-refractivity contribution in [1.29, 1.82) is 0 Å². The third-order valence-corrected chi connectivity index (χ3v) is 3.90. The summed E-state index contributed by atoms with van der Waals surface area (Å²) in [5.74, 6) is 0. The Hall–Kier alpha value is -1.55. The monoisotopic (exact) mass is 262 g/mol. The second kappa shape index (κ2) is 4.23. The second-order valence-electron chi connectivity index (χ2n) is 6.22. The van der Waals surface area contributed by atoms with Gasteiger partial charge in [0.15, 0.2) is 0 Å². The molecular weight excluding hydrogens is 240 g/mol. The summed E-state index contributed by atoms with van der Waals surface area (Å²) in [5.41, 5.74) is 0.257. The van der Waals surface area contributed by atoms with E-state index in [0.29, 0.717) is 6.42 Å². The second-order valence-corrected chi connectivity index (χ2v) is 6.22. The van der Waals surface area contributed by atoms with Crippen LogP contribution in [0.5, 0.6) is 0 Å². The fraction of sp³-hybridized carbons (Fsp3) is 0.533. The molecule has 19 heavy (non-hydrogen) atoms. The predicted octanol–water partition coefficient (Wildman–Crippen LogP) is 2.74. The fourth-order valence-electron chi connectivity index (χ4n) is 2.79. The van der Waals surface area contributed by atoms with Crippen LogP contribution in [0.25, 0.3) is 0 Å². The summed E-state index contributed by atoms with van der Waals surface area (Å²) in [6.07, 6.45) is 0.496. The maximum Gasteiger partial charge on any atom is 0.327 e. The van der Waals surface area contributed by atoms with E-state index in [1.54, 1.807) is 18.9 Å². The Morgan fingerprint density at radius 1 is 1.26 bits per heavy atom. The van der Waals surface area contributed by atoms with Gasteiger partial charge in [0.25, 0.3) is 0 Å². The van der Waals surface area contributed by atoms with E-state index in [0.717, 1.165) is 11.3 Å². The Labute approximate surface area is 114 Å². The number of amides is 2. The van der Waals surface area contributed by atoms with Crippen molar-refractivity contribution in [2.24, 2.45) is 0 Å². The van der Waals surface area contributed by atoms with Gasteiger partial charge in [0, 0.05) is 24.7 Å². The highest BCUT2D eigenvalue weighted by Crippen LogP contribution is 2.37. The lowest BCUT2D eigenvalue weighted by atomic mass is 9.88. The molecule has 1 aromatic rings. The van der Waals surface area contributed by atoms with Gasteiger partial charge in [0.1, 0.15) is 5.72 Å². The average molecular weight is 262 g/mol. The van der Waals surface area contributed by atoms with E-state index < -0.39 is 5.72 Å². The number of aryl methyl sites for hydroxylation is 1. The average Bonchev–Trinajstić information content (AvgIpc) is 2.24. The molecule has 104 valence electrons. The molecule has 0 spiro atoms. The van der Waals surface area contributed by atoms with Gasteiger partial charge < -0.3 is 10.0 Å². The Morgan fingerprint density at radius 3 is 2.47 bits per heavy atom. The standard InChI is InChI=1S/C15H22N2O2/c1-11-7-6-8-12(9-11)17-13(18)16(5)14(2,3)10-15(17,4)19/h6-9,19H,10H2,1-5H3/t15-/m1/s1. The van der Waals surface area contributed by atoms with Gasteiger partial charge in [-0.05, 0) is 45.4 Å². The summed E-state index contributed by atoms with van der Waals surface area (Å²) >= 11 is 0. The first kappa shape index (κ1) is 13.9. The number of aliphatic hydroxyl groups is 1. The van der Waals surface area contributed by atoms with Crippen molar-refractivity contribution >= 4 is 11.7 Å². The van der Waals surface area contributed by atoms with Crippen LogP contribution in [0, 0.1) is 6.92 Å². The van der Waals surface area contributed by atoms with E-state index in [1.807, 2.05) is 45.0 Å². The molecule has 1 aliphatic rings. The van der Waals surface area contributed by atoms with Crippen molar-refractivity contribution in [3.05, 3.63) is 29.8 Å². The van der Waals surface area contributed by atoms with Gasteiger partial charge in [-0.25, -0.2) is 4.79 Å². The predicted molar refractivity (Wildman–Crippen MR) is 76.1 cm³/mol. The van der Waals surface area contributed by atoms with Crippen molar-refractivity contribution in [3.63, 3.8) is 0 Å². The Balaban J connectivity index is 2.47. The molecule has 4 nitrogen and oxygen atoms in total. The van der Waals surface area contributed by atoms with Crippen LogP contribution < -0.4 is 4.90 Å². The quantitative estimate of drug-likeness (QED) is 0.845. The fourth-order valence-corrected chi connectivity index (χ4v) is 2.79. The van der Waals surface area contributed by atoms with Crippen LogP contribution in [-0.2, 0) is 0 Å². The molecule has 1 saturated heterocycles. The van der Waals surface area contributed by atoms with Crippen LogP contribution in [0.15, 0.2) is 24.3 Å². The first-order valence-electron chi connectivity index (χ1n) is 6.52. The van der Waals surface area contributed by atoms with Gasteiger partial charge in [-0.15, -0.1) is 0 Å². The molecule has 4 heteroatoms. The number of rotatable bonds is 1. The normalized spacial score (nSPS) is 26.7. The number of carbonyl (C=O) groups excluding carboxylic acids is 1. The molecular formula is C15H22N2O2. The van der Waals surface area contributed by atoms with Crippen LogP contribution in [0.1, 0.15) is 32.8 Å². The van der Waals surface area contributed by atoms with Crippen LogP contribution in [0.4, 0.5) is 10.5 Å². The van der Waals surface area contributed by atoms with E-state index in [2.05, 4.69) is 0 Å². The van der Waals surface area contributed by atoms with E-state index in [4.69, 9.17) is 0 Å². The highest BCUT2D eigenvalue weighted by Gasteiger charge is 2.48. The minimum absolute atomic E-state index is 0.174. The zero-order valence-corrected chi connectivity index (χ0v) is 12.3. The SMILES string of the molecule is Cc1cccc(N2C(=O)N(C)C(C)(C)C[C@@]2(C)O)c1. The van der Waals surface area contributed by atoms with Gasteiger partial charge in [0.2, 0.25) is 0 Å². The van der Waals surface area contributed by atoms with Gasteiger partial charge in [-0.1, -0.05) is 12.1 Å². The molecule has 1 aliphatic heterocycles. The Bertz CT molecular complexity index is 509. The lowest BCUT2D eigenvalue weighted by molar-refractivity contribution is -0.0182. The third kappa shape index (κ3) is 2.32. The van der Waals surface area contributed by atoms with E-state index >= 15 is 0 Å². The number of nitrogens with zero attached hydrogens (tertiary/aromatic N) is 2. The van der Waals surface area contributed by atoms with Crippen LogP contribution in [0.2, 0.25) is 0 Å². The van der Waals surface area contributed by atoms with Gasteiger partial charge in [-0.3, -0.25) is 4.90 Å². The van der Waals surface area contributed by atoms with Gasteiger partial charge >= 0.3 is 6.03 Å². The molecule has 1 aromatic carbocycles. The number of urea groups is 1. The molecule has 0 radical (unpaired) electrons. The van der Waals surface area contributed by atoms with Crippen molar-refractivity contribution in [3.8, 4) is 0 Å². The number of hydrogen-bond donors (Lipinski definition) is 1. The summed E-state index contributed by atoms with van der Waals surface area (Å²) in [6.45, 7) is 7.60. The highest BCUT2D eigenvalue weighted by molar-refractivity contribution is 5.94. The number of hydrogen-bond acceptors (Lipinski definition) is 2. The molecule has 0 bridgehead atoms. The molecule has 0 unspecified atom stereocenters. The molecule has 1 fully saturated rings. The molecule has 2 rings (SSSR count). The molecule has 0 saturated carbocycles. The largest absolute Gasteiger partial charge is 0.371 e. The lowest BCUT2D eigenvalue weighted by Crippen LogP contribution is -2.67. The molecule has 1 N–H and O–H groups in total. The minimum atomic E-state index is -1.18. The van der Waals surface area contributed by atoms with Crippen molar-refractivity contribution in [1.82, 2.24) is 4.90 Å². The maximum absolute atomic E-state index is 12.6. The number of carbonyl (C=O) groups is 1. The molecule has 2 amide bonds. The van der Waals surface area contributed by atoms with Gasteiger partial charge in [-0.2, -0.15) is 0 Å². The van der Waals surface area contributed by atoms with Crippen LogP contribution in [0.3, 0.4) is 0 Å². The molecule has 1 atom stereocenters. The van der Waals surface area contributed by atoms with Crippen LogP contribution in [-0.4, -0.2) is 34.3 Å². The van der Waals surface area contributed by atoms with Crippen molar-refractivity contribution in [2.45, 2.75) is 45.4 Å². The molecule has 0 aliphatic carbocycles. The minimum Gasteiger partial charge on any atom is -0.371 e. The van der Waals surface area contributed by atoms with E-state index in [9.17, 15) is 9.90 Å². The zero-order valence-electron chi connectivity index (χ0n) is 12.3.